The molecule has 1 fully saturated rings. The van der Waals surface area contributed by atoms with E-state index in [4.69, 9.17) is 0 Å². The van der Waals surface area contributed by atoms with Crippen molar-refractivity contribution in [3.8, 4) is 0 Å². The van der Waals surface area contributed by atoms with Crippen LogP contribution in [0.3, 0.4) is 0 Å². The topological polar surface area (TPSA) is 49.3 Å². The second-order valence-corrected chi connectivity index (χ2v) is 5.40. The van der Waals surface area contributed by atoms with Crippen LogP contribution in [0.15, 0.2) is 12.1 Å². The van der Waals surface area contributed by atoms with Gasteiger partial charge in [-0.25, -0.2) is 4.39 Å². The highest BCUT2D eigenvalue weighted by atomic mass is 19.1. The number of amides is 1. The minimum absolute atomic E-state index is 0.113. The highest BCUT2D eigenvalue weighted by Crippen LogP contribution is 2.19. The average molecular weight is 265 g/mol. The molecule has 104 valence electrons. The van der Waals surface area contributed by atoms with Crippen LogP contribution in [-0.4, -0.2) is 23.2 Å². The lowest BCUT2D eigenvalue weighted by Crippen LogP contribution is -2.38. The van der Waals surface area contributed by atoms with Crippen LogP contribution in [0, 0.1) is 19.7 Å². The molecule has 0 bridgehead atoms. The van der Waals surface area contributed by atoms with Crippen molar-refractivity contribution in [1.29, 1.82) is 0 Å². The fourth-order valence-corrected chi connectivity index (χ4v) is 2.57. The van der Waals surface area contributed by atoms with Crippen LogP contribution in [0.5, 0.6) is 0 Å². The molecule has 1 saturated carbocycles. The Labute approximate surface area is 112 Å². The number of hydrogen-bond donors (Lipinski definition) is 2. The molecule has 0 saturated heterocycles. The Bertz CT molecular complexity index is 456. The van der Waals surface area contributed by atoms with E-state index < -0.39 is 0 Å². The monoisotopic (exact) mass is 265 g/mol. The largest absolute Gasteiger partial charge is 0.393 e. The maximum Gasteiger partial charge on any atom is 0.251 e. The molecule has 0 atom stereocenters. The van der Waals surface area contributed by atoms with Gasteiger partial charge in [-0.1, -0.05) is 0 Å². The van der Waals surface area contributed by atoms with Crippen molar-refractivity contribution in [3.63, 3.8) is 0 Å². The van der Waals surface area contributed by atoms with Crippen LogP contribution in [0.25, 0.3) is 0 Å². The Hall–Kier alpha value is -1.42. The summed E-state index contributed by atoms with van der Waals surface area (Å²) in [7, 11) is 0. The lowest BCUT2D eigenvalue weighted by atomic mass is 9.93. The van der Waals surface area contributed by atoms with Gasteiger partial charge >= 0.3 is 0 Å². The number of benzene rings is 1. The first-order valence-electron chi connectivity index (χ1n) is 6.73. The van der Waals surface area contributed by atoms with Gasteiger partial charge in [-0.2, -0.15) is 0 Å². The third-order valence-electron chi connectivity index (χ3n) is 3.73. The summed E-state index contributed by atoms with van der Waals surface area (Å²) in [5, 5.41) is 12.4. The summed E-state index contributed by atoms with van der Waals surface area (Å²) >= 11 is 0. The molecular formula is C15H20FNO2. The van der Waals surface area contributed by atoms with Gasteiger partial charge in [0.05, 0.1) is 6.10 Å². The van der Waals surface area contributed by atoms with Crippen LogP contribution < -0.4 is 5.32 Å². The van der Waals surface area contributed by atoms with Crippen molar-refractivity contribution >= 4 is 5.91 Å². The Kier molecular flexibility index (Phi) is 4.20. The zero-order chi connectivity index (χ0) is 14.0. The standard InChI is InChI=1S/C15H20FNO2/c1-9-7-11(8-10(2)14(9)16)15(19)17-12-3-5-13(18)6-4-12/h7-8,12-13,18H,3-6H2,1-2H3,(H,17,19). The molecule has 0 radical (unpaired) electrons. The van der Waals surface area contributed by atoms with E-state index >= 15 is 0 Å². The van der Waals surface area contributed by atoms with E-state index in [1.165, 1.54) is 0 Å². The summed E-state index contributed by atoms with van der Waals surface area (Å²) < 4.78 is 13.5. The molecule has 0 heterocycles. The van der Waals surface area contributed by atoms with Crippen LogP contribution >= 0.6 is 0 Å². The van der Waals surface area contributed by atoms with Gasteiger partial charge in [0, 0.05) is 11.6 Å². The van der Waals surface area contributed by atoms with E-state index in [9.17, 15) is 14.3 Å². The van der Waals surface area contributed by atoms with Crippen molar-refractivity contribution in [3.05, 3.63) is 34.6 Å². The maximum absolute atomic E-state index is 13.5. The minimum atomic E-state index is -0.252. The number of carbonyl (C=O) groups excluding carboxylic acids is 1. The van der Waals surface area contributed by atoms with E-state index in [1.807, 2.05) is 0 Å². The average Bonchev–Trinajstić information content (AvgIpc) is 2.38. The minimum Gasteiger partial charge on any atom is -0.393 e. The molecule has 0 spiro atoms. The number of aliphatic hydroxyl groups is 1. The molecule has 1 aliphatic rings. The number of nitrogens with one attached hydrogen (secondary N) is 1. The van der Waals surface area contributed by atoms with Gasteiger partial charge < -0.3 is 10.4 Å². The summed E-state index contributed by atoms with van der Waals surface area (Å²) in [4.78, 5) is 12.1. The number of carbonyl (C=O) groups is 1. The first-order valence-corrected chi connectivity index (χ1v) is 6.73. The smallest absolute Gasteiger partial charge is 0.251 e. The molecule has 0 aliphatic heterocycles. The second kappa shape index (κ2) is 5.70. The molecule has 4 heteroatoms. The number of rotatable bonds is 2. The van der Waals surface area contributed by atoms with Crippen molar-refractivity contribution in [2.75, 3.05) is 0 Å². The second-order valence-electron chi connectivity index (χ2n) is 5.40. The van der Waals surface area contributed by atoms with Gasteiger partial charge in [0.15, 0.2) is 0 Å². The van der Waals surface area contributed by atoms with Crippen LogP contribution in [-0.2, 0) is 0 Å². The van der Waals surface area contributed by atoms with Gasteiger partial charge in [-0.15, -0.1) is 0 Å². The first-order chi connectivity index (χ1) is 8.97. The predicted octanol–water partition coefficient (Wildman–Crippen LogP) is 2.48. The van der Waals surface area contributed by atoms with Crippen molar-refractivity contribution in [2.24, 2.45) is 0 Å². The van der Waals surface area contributed by atoms with Crippen molar-refractivity contribution in [2.45, 2.75) is 51.7 Å². The van der Waals surface area contributed by atoms with E-state index in [-0.39, 0.29) is 23.9 Å². The van der Waals surface area contributed by atoms with E-state index in [0.29, 0.717) is 16.7 Å². The lowest BCUT2D eigenvalue weighted by Gasteiger charge is -2.26. The molecule has 19 heavy (non-hydrogen) atoms. The number of aryl methyl sites for hydroxylation is 2. The molecule has 3 nitrogen and oxygen atoms in total. The fraction of sp³-hybridized carbons (Fsp3) is 0.533. The quantitative estimate of drug-likeness (QED) is 0.863. The normalized spacial score (nSPS) is 23.2. The zero-order valence-electron chi connectivity index (χ0n) is 11.4. The molecule has 2 N–H and O–H groups in total. The Morgan fingerprint density at radius 1 is 1.21 bits per heavy atom. The van der Waals surface area contributed by atoms with E-state index in [2.05, 4.69) is 5.32 Å². The zero-order valence-corrected chi connectivity index (χ0v) is 11.4. The molecule has 1 amide bonds. The summed E-state index contributed by atoms with van der Waals surface area (Å²) in [6.45, 7) is 3.33. The highest BCUT2D eigenvalue weighted by molar-refractivity contribution is 5.94. The summed E-state index contributed by atoms with van der Waals surface area (Å²) in [6.07, 6.45) is 2.82. The Morgan fingerprint density at radius 3 is 2.26 bits per heavy atom. The number of aliphatic hydroxyl groups excluding tert-OH is 1. The van der Waals surface area contributed by atoms with Gasteiger partial charge in [0.1, 0.15) is 5.82 Å². The highest BCUT2D eigenvalue weighted by Gasteiger charge is 2.21. The van der Waals surface area contributed by atoms with Crippen molar-refractivity contribution in [1.82, 2.24) is 5.32 Å². The van der Waals surface area contributed by atoms with Crippen LogP contribution in [0.2, 0.25) is 0 Å². The number of hydrogen-bond acceptors (Lipinski definition) is 2. The third-order valence-corrected chi connectivity index (χ3v) is 3.73. The van der Waals surface area contributed by atoms with E-state index in [0.717, 1.165) is 25.7 Å². The molecule has 1 aliphatic carbocycles. The lowest BCUT2D eigenvalue weighted by molar-refractivity contribution is 0.0867. The molecule has 2 rings (SSSR count). The maximum atomic E-state index is 13.5. The summed E-state index contributed by atoms with van der Waals surface area (Å²) in [5.74, 6) is -0.412. The van der Waals surface area contributed by atoms with Crippen molar-refractivity contribution < 1.29 is 14.3 Å². The first kappa shape index (κ1) is 14.0. The number of halogens is 1. The van der Waals surface area contributed by atoms with Crippen LogP contribution in [0.4, 0.5) is 4.39 Å². The Morgan fingerprint density at radius 2 is 1.74 bits per heavy atom. The molecule has 0 aromatic heterocycles. The molecule has 0 unspecified atom stereocenters. The van der Waals surface area contributed by atoms with Gasteiger partial charge in [0.2, 0.25) is 0 Å². The van der Waals surface area contributed by atoms with Gasteiger partial charge in [-0.05, 0) is 62.8 Å². The molecule has 1 aromatic rings. The third kappa shape index (κ3) is 3.32. The SMILES string of the molecule is Cc1cc(C(=O)NC2CCC(O)CC2)cc(C)c1F. The molecular weight excluding hydrogens is 245 g/mol. The summed E-state index contributed by atoms with van der Waals surface area (Å²) in [5.41, 5.74) is 1.48. The van der Waals surface area contributed by atoms with Crippen LogP contribution in [0.1, 0.15) is 47.2 Å². The predicted molar refractivity (Wildman–Crippen MR) is 71.6 cm³/mol. The summed E-state index contributed by atoms with van der Waals surface area (Å²) in [6, 6.07) is 3.27. The fourth-order valence-electron chi connectivity index (χ4n) is 2.57. The van der Waals surface area contributed by atoms with E-state index in [1.54, 1.807) is 26.0 Å². The molecule has 1 aromatic carbocycles. The van der Waals surface area contributed by atoms with Gasteiger partial charge in [0.25, 0.3) is 5.91 Å². The van der Waals surface area contributed by atoms with Gasteiger partial charge in [-0.3, -0.25) is 4.79 Å². The Balaban J connectivity index is 2.04.